The summed E-state index contributed by atoms with van der Waals surface area (Å²) in [6, 6.07) is 5.83. The smallest absolute Gasteiger partial charge is 0.137 e. The largest absolute Gasteiger partial charge is 0.346 e. The second kappa shape index (κ2) is 5.43. The van der Waals surface area contributed by atoms with Gasteiger partial charge in [0.2, 0.25) is 0 Å². The van der Waals surface area contributed by atoms with Gasteiger partial charge in [0.15, 0.2) is 0 Å². The lowest BCUT2D eigenvalue weighted by Gasteiger charge is -2.36. The van der Waals surface area contributed by atoms with Crippen molar-refractivity contribution in [3.63, 3.8) is 0 Å². The molecule has 2 N–H and O–H groups in total. The van der Waals surface area contributed by atoms with Crippen LogP contribution in [0.25, 0.3) is 11.0 Å². The third-order valence-corrected chi connectivity index (χ3v) is 5.48. The zero-order valence-electron chi connectivity index (χ0n) is 12.7. The van der Waals surface area contributed by atoms with Gasteiger partial charge in [0.1, 0.15) is 5.65 Å². The molecule has 0 spiro atoms. The lowest BCUT2D eigenvalue weighted by Crippen LogP contribution is -2.42. The number of H-pyrrole nitrogens is 1. The average molecular weight is 284 g/mol. The van der Waals surface area contributed by atoms with E-state index in [0.717, 1.165) is 36.7 Å². The number of hydrogen-bond donors (Lipinski definition) is 2. The predicted molar refractivity (Wildman–Crippen MR) is 85.1 cm³/mol. The van der Waals surface area contributed by atoms with E-state index >= 15 is 0 Å². The minimum absolute atomic E-state index is 0.841. The van der Waals surface area contributed by atoms with Crippen molar-refractivity contribution in [3.8, 4) is 0 Å². The van der Waals surface area contributed by atoms with Crippen molar-refractivity contribution in [3.05, 3.63) is 30.1 Å². The van der Waals surface area contributed by atoms with Crippen LogP contribution in [0.15, 0.2) is 24.5 Å². The molecule has 2 bridgehead atoms. The second-order valence-corrected chi connectivity index (χ2v) is 6.73. The van der Waals surface area contributed by atoms with Gasteiger partial charge in [0.05, 0.1) is 0 Å². The van der Waals surface area contributed by atoms with Crippen LogP contribution in [-0.4, -0.2) is 40.5 Å². The first kappa shape index (κ1) is 13.3. The number of aromatic nitrogens is 2. The fourth-order valence-corrected chi connectivity index (χ4v) is 4.26. The number of pyridine rings is 1. The van der Waals surface area contributed by atoms with Crippen LogP contribution in [0.4, 0.5) is 0 Å². The van der Waals surface area contributed by atoms with Gasteiger partial charge in [0.25, 0.3) is 0 Å². The summed E-state index contributed by atoms with van der Waals surface area (Å²) in [6.45, 7) is 2.08. The third kappa shape index (κ3) is 2.47. The highest BCUT2D eigenvalue weighted by Crippen LogP contribution is 2.37. The number of rotatable bonds is 4. The molecular formula is C17H24N4. The van der Waals surface area contributed by atoms with Crippen molar-refractivity contribution >= 4 is 11.0 Å². The first-order valence-corrected chi connectivity index (χ1v) is 8.15. The lowest BCUT2D eigenvalue weighted by molar-refractivity contribution is 0.133. The Bertz CT molecular complexity index is 606. The summed E-state index contributed by atoms with van der Waals surface area (Å²) >= 11 is 0. The van der Waals surface area contributed by atoms with E-state index in [1.165, 1.54) is 36.6 Å². The van der Waals surface area contributed by atoms with Crippen molar-refractivity contribution < 1.29 is 0 Å². The van der Waals surface area contributed by atoms with Gasteiger partial charge in [-0.3, -0.25) is 0 Å². The standard InChI is InChI=1S/C17H24N4/c1-21-14-4-5-15(21)8-12(7-14)9-18-10-13-11-20-17-16(13)3-2-6-19-17/h2-3,6,11-12,14-15,18H,4-5,7-10H2,1H3,(H,19,20). The number of nitrogens with zero attached hydrogens (tertiary/aromatic N) is 2. The topological polar surface area (TPSA) is 44.0 Å². The van der Waals surface area contributed by atoms with Crippen molar-refractivity contribution in [2.45, 2.75) is 44.3 Å². The summed E-state index contributed by atoms with van der Waals surface area (Å²) in [5.74, 6) is 0.849. The summed E-state index contributed by atoms with van der Waals surface area (Å²) in [4.78, 5) is 10.2. The fourth-order valence-electron chi connectivity index (χ4n) is 4.26. The van der Waals surface area contributed by atoms with Crippen LogP contribution in [0.5, 0.6) is 0 Å². The molecule has 0 saturated carbocycles. The Kier molecular flexibility index (Phi) is 3.43. The second-order valence-electron chi connectivity index (χ2n) is 6.73. The summed E-state index contributed by atoms with van der Waals surface area (Å²) in [6.07, 6.45) is 9.48. The SMILES string of the molecule is CN1C2CCC1CC(CNCc1c[nH]c3ncccc13)C2. The number of aromatic amines is 1. The summed E-state index contributed by atoms with van der Waals surface area (Å²) in [7, 11) is 2.31. The van der Waals surface area contributed by atoms with Crippen LogP contribution >= 0.6 is 0 Å². The highest BCUT2D eigenvalue weighted by Gasteiger charge is 2.37. The molecular weight excluding hydrogens is 260 g/mol. The van der Waals surface area contributed by atoms with Crippen LogP contribution in [0.3, 0.4) is 0 Å². The maximum Gasteiger partial charge on any atom is 0.137 e. The van der Waals surface area contributed by atoms with Crippen LogP contribution in [0.2, 0.25) is 0 Å². The van der Waals surface area contributed by atoms with Crippen molar-refractivity contribution in [2.75, 3.05) is 13.6 Å². The zero-order chi connectivity index (χ0) is 14.2. The van der Waals surface area contributed by atoms with Gasteiger partial charge in [-0.25, -0.2) is 4.98 Å². The Balaban J connectivity index is 1.34. The molecule has 2 aliphatic rings. The van der Waals surface area contributed by atoms with E-state index in [0.29, 0.717) is 0 Å². The molecule has 2 atom stereocenters. The Morgan fingerprint density at radius 1 is 1.33 bits per heavy atom. The van der Waals surface area contributed by atoms with E-state index < -0.39 is 0 Å². The first-order valence-electron chi connectivity index (χ1n) is 8.15. The first-order chi connectivity index (χ1) is 10.3. The minimum atomic E-state index is 0.841. The molecule has 2 aromatic rings. The van der Waals surface area contributed by atoms with Gasteiger partial charge in [-0.1, -0.05) is 0 Å². The highest BCUT2D eigenvalue weighted by molar-refractivity contribution is 5.79. The van der Waals surface area contributed by atoms with Crippen molar-refractivity contribution in [2.24, 2.45) is 5.92 Å². The summed E-state index contributed by atoms with van der Waals surface area (Å²) < 4.78 is 0. The Labute approximate surface area is 125 Å². The van der Waals surface area contributed by atoms with E-state index in [-0.39, 0.29) is 0 Å². The van der Waals surface area contributed by atoms with Crippen LogP contribution in [0.1, 0.15) is 31.2 Å². The number of piperidine rings is 1. The molecule has 0 aromatic carbocycles. The molecule has 2 unspecified atom stereocenters. The van der Waals surface area contributed by atoms with E-state index in [1.54, 1.807) is 0 Å². The van der Waals surface area contributed by atoms with E-state index in [9.17, 15) is 0 Å². The zero-order valence-corrected chi connectivity index (χ0v) is 12.7. The van der Waals surface area contributed by atoms with Crippen LogP contribution < -0.4 is 5.32 Å². The van der Waals surface area contributed by atoms with Crippen LogP contribution in [0, 0.1) is 5.92 Å². The van der Waals surface area contributed by atoms with Gasteiger partial charge in [0, 0.05) is 36.4 Å². The van der Waals surface area contributed by atoms with Gasteiger partial charge in [-0.2, -0.15) is 0 Å². The van der Waals surface area contributed by atoms with Crippen LogP contribution in [-0.2, 0) is 6.54 Å². The predicted octanol–water partition coefficient (Wildman–Crippen LogP) is 2.53. The Hall–Kier alpha value is -1.39. The highest BCUT2D eigenvalue weighted by atomic mass is 15.2. The number of fused-ring (bicyclic) bond motifs is 3. The maximum absolute atomic E-state index is 4.35. The Morgan fingerprint density at radius 3 is 2.95 bits per heavy atom. The molecule has 4 rings (SSSR count). The molecule has 2 aliphatic heterocycles. The minimum Gasteiger partial charge on any atom is -0.346 e. The molecule has 4 heteroatoms. The van der Waals surface area contributed by atoms with Gasteiger partial charge >= 0.3 is 0 Å². The molecule has 21 heavy (non-hydrogen) atoms. The molecule has 0 radical (unpaired) electrons. The molecule has 4 nitrogen and oxygen atoms in total. The van der Waals surface area contributed by atoms with Crippen molar-refractivity contribution in [1.82, 2.24) is 20.2 Å². The van der Waals surface area contributed by atoms with Gasteiger partial charge in [-0.05, 0) is 62.9 Å². The quantitative estimate of drug-likeness (QED) is 0.907. The average Bonchev–Trinajstić information content (AvgIpc) is 2.97. The van der Waals surface area contributed by atoms with Gasteiger partial charge in [-0.15, -0.1) is 0 Å². The Morgan fingerprint density at radius 2 is 2.14 bits per heavy atom. The van der Waals surface area contributed by atoms with Gasteiger partial charge < -0.3 is 15.2 Å². The number of hydrogen-bond acceptors (Lipinski definition) is 3. The van der Waals surface area contributed by atoms with E-state index in [2.05, 4.69) is 39.5 Å². The molecule has 112 valence electrons. The van der Waals surface area contributed by atoms with E-state index in [1.807, 2.05) is 12.3 Å². The molecule has 0 aliphatic carbocycles. The lowest BCUT2D eigenvalue weighted by atomic mass is 9.91. The molecule has 2 saturated heterocycles. The maximum atomic E-state index is 4.35. The molecule has 0 amide bonds. The third-order valence-electron chi connectivity index (χ3n) is 5.48. The monoisotopic (exact) mass is 284 g/mol. The fraction of sp³-hybridized carbons (Fsp3) is 0.588. The molecule has 4 heterocycles. The summed E-state index contributed by atoms with van der Waals surface area (Å²) in [5, 5.41) is 4.91. The molecule has 2 fully saturated rings. The van der Waals surface area contributed by atoms with Crippen molar-refractivity contribution in [1.29, 1.82) is 0 Å². The molecule has 2 aromatic heterocycles. The van der Waals surface area contributed by atoms with E-state index in [4.69, 9.17) is 0 Å². The number of nitrogens with one attached hydrogen (secondary N) is 2. The normalized spacial score (nSPS) is 29.3. The summed E-state index contributed by atoms with van der Waals surface area (Å²) in [5.41, 5.74) is 2.32.